The highest BCUT2D eigenvalue weighted by molar-refractivity contribution is 8.00. The average Bonchev–Trinajstić information content (AvgIpc) is 3.21. The van der Waals surface area contributed by atoms with Crippen molar-refractivity contribution in [3.8, 4) is 5.75 Å². The van der Waals surface area contributed by atoms with Crippen molar-refractivity contribution >= 4 is 17.7 Å². The molecule has 3 rings (SSSR count). The van der Waals surface area contributed by atoms with Crippen molar-refractivity contribution in [1.82, 2.24) is 5.32 Å². The lowest BCUT2D eigenvalue weighted by Gasteiger charge is -2.17. The third-order valence-corrected chi connectivity index (χ3v) is 4.78. The van der Waals surface area contributed by atoms with E-state index < -0.39 is 0 Å². The van der Waals surface area contributed by atoms with Crippen LogP contribution in [0.15, 0.2) is 82.3 Å². The van der Waals surface area contributed by atoms with E-state index in [1.807, 2.05) is 73.7 Å². The normalized spacial score (nSPS) is 11.7. The molecular formula is C21H21NO3S. The van der Waals surface area contributed by atoms with Crippen molar-refractivity contribution in [1.29, 1.82) is 0 Å². The summed E-state index contributed by atoms with van der Waals surface area (Å²) in [5.74, 6) is 1.84. The van der Waals surface area contributed by atoms with Gasteiger partial charge in [0.15, 0.2) is 0 Å². The van der Waals surface area contributed by atoms with E-state index in [4.69, 9.17) is 9.15 Å². The SMILES string of the molecule is CCOc1ccc(SCC(=O)NC(c2ccccc2)c2ccco2)cc1. The summed E-state index contributed by atoms with van der Waals surface area (Å²) in [6.07, 6.45) is 1.62. The van der Waals surface area contributed by atoms with Crippen molar-refractivity contribution in [3.05, 3.63) is 84.3 Å². The summed E-state index contributed by atoms with van der Waals surface area (Å²) in [5.41, 5.74) is 0.988. The van der Waals surface area contributed by atoms with Gasteiger partial charge in [-0.2, -0.15) is 0 Å². The summed E-state index contributed by atoms with van der Waals surface area (Å²) in [5, 5.41) is 3.06. The first-order valence-electron chi connectivity index (χ1n) is 8.49. The van der Waals surface area contributed by atoms with Gasteiger partial charge >= 0.3 is 0 Å². The number of ether oxygens (including phenoxy) is 1. The van der Waals surface area contributed by atoms with Crippen LogP contribution in [0.25, 0.3) is 0 Å². The fourth-order valence-corrected chi connectivity index (χ4v) is 3.28. The molecule has 1 amide bonds. The van der Waals surface area contributed by atoms with E-state index in [-0.39, 0.29) is 11.9 Å². The van der Waals surface area contributed by atoms with Gasteiger partial charge < -0.3 is 14.5 Å². The molecule has 1 unspecified atom stereocenters. The molecule has 0 spiro atoms. The second kappa shape index (κ2) is 9.15. The molecule has 1 N–H and O–H groups in total. The standard InChI is InChI=1S/C21H21NO3S/c1-2-24-17-10-12-18(13-11-17)26-15-20(23)22-21(19-9-6-14-25-19)16-7-4-3-5-8-16/h3-14,21H,2,15H2,1H3,(H,22,23). The van der Waals surface area contributed by atoms with Crippen LogP contribution < -0.4 is 10.1 Å². The first kappa shape index (κ1) is 18.1. The quantitative estimate of drug-likeness (QED) is 0.588. The molecule has 4 nitrogen and oxygen atoms in total. The van der Waals surface area contributed by atoms with Crippen LogP contribution in [0.5, 0.6) is 5.75 Å². The van der Waals surface area contributed by atoms with Crippen LogP contribution in [0.2, 0.25) is 0 Å². The molecule has 26 heavy (non-hydrogen) atoms. The number of hydrogen-bond donors (Lipinski definition) is 1. The number of rotatable bonds is 8. The van der Waals surface area contributed by atoms with Gasteiger partial charge in [0.1, 0.15) is 17.6 Å². The number of amides is 1. The van der Waals surface area contributed by atoms with Gasteiger partial charge in [-0.1, -0.05) is 30.3 Å². The summed E-state index contributed by atoms with van der Waals surface area (Å²) in [7, 11) is 0. The molecule has 0 bridgehead atoms. The van der Waals surface area contributed by atoms with Gasteiger partial charge in [0.25, 0.3) is 0 Å². The highest BCUT2D eigenvalue weighted by Crippen LogP contribution is 2.24. The van der Waals surface area contributed by atoms with Crippen molar-refractivity contribution in [2.75, 3.05) is 12.4 Å². The second-order valence-corrected chi connectivity index (χ2v) is 6.67. The Kier molecular flexibility index (Phi) is 6.39. The number of benzene rings is 2. The van der Waals surface area contributed by atoms with Crippen molar-refractivity contribution in [2.45, 2.75) is 17.9 Å². The molecular weight excluding hydrogens is 346 g/mol. The maximum atomic E-state index is 12.5. The van der Waals surface area contributed by atoms with E-state index in [0.717, 1.165) is 22.0 Å². The summed E-state index contributed by atoms with van der Waals surface area (Å²) in [6.45, 7) is 2.59. The Bertz CT molecular complexity index is 801. The third-order valence-electron chi connectivity index (χ3n) is 3.77. The Morgan fingerprint density at radius 3 is 2.50 bits per heavy atom. The molecule has 1 atom stereocenters. The van der Waals surface area contributed by atoms with E-state index in [9.17, 15) is 4.79 Å². The summed E-state index contributed by atoms with van der Waals surface area (Å²) < 4.78 is 10.9. The summed E-state index contributed by atoms with van der Waals surface area (Å²) in [6, 6.07) is 21.0. The highest BCUT2D eigenvalue weighted by Gasteiger charge is 2.19. The molecule has 1 heterocycles. The molecule has 0 fully saturated rings. The van der Waals surface area contributed by atoms with Crippen LogP contribution in [0.1, 0.15) is 24.3 Å². The van der Waals surface area contributed by atoms with E-state index in [2.05, 4.69) is 5.32 Å². The number of nitrogens with one attached hydrogen (secondary N) is 1. The third kappa shape index (κ3) is 4.92. The minimum absolute atomic E-state index is 0.0471. The molecule has 0 aliphatic rings. The topological polar surface area (TPSA) is 51.5 Å². The molecule has 0 aliphatic carbocycles. The molecule has 5 heteroatoms. The Morgan fingerprint density at radius 1 is 1.08 bits per heavy atom. The fourth-order valence-electron chi connectivity index (χ4n) is 2.57. The first-order valence-corrected chi connectivity index (χ1v) is 9.48. The number of furan rings is 1. The Hall–Kier alpha value is -2.66. The molecule has 0 saturated carbocycles. The van der Waals surface area contributed by atoms with Gasteiger partial charge in [0.2, 0.25) is 5.91 Å². The van der Waals surface area contributed by atoms with Crippen LogP contribution in [-0.4, -0.2) is 18.3 Å². The number of thioether (sulfide) groups is 1. The summed E-state index contributed by atoms with van der Waals surface area (Å²) >= 11 is 1.49. The van der Waals surface area contributed by atoms with Gasteiger partial charge in [0, 0.05) is 4.90 Å². The zero-order valence-electron chi connectivity index (χ0n) is 14.6. The molecule has 0 aliphatic heterocycles. The second-order valence-electron chi connectivity index (χ2n) is 5.62. The average molecular weight is 367 g/mol. The lowest BCUT2D eigenvalue weighted by Crippen LogP contribution is -2.30. The summed E-state index contributed by atoms with van der Waals surface area (Å²) in [4.78, 5) is 13.5. The van der Waals surface area contributed by atoms with Crippen molar-refractivity contribution < 1.29 is 13.9 Å². The molecule has 0 saturated heterocycles. The lowest BCUT2D eigenvalue weighted by molar-refractivity contribution is -0.119. The van der Waals surface area contributed by atoms with E-state index >= 15 is 0 Å². The van der Waals surface area contributed by atoms with Crippen LogP contribution in [-0.2, 0) is 4.79 Å². The molecule has 0 radical (unpaired) electrons. The van der Waals surface area contributed by atoms with Crippen LogP contribution in [0.3, 0.4) is 0 Å². The van der Waals surface area contributed by atoms with E-state index in [1.165, 1.54) is 11.8 Å². The Labute approximate surface area is 157 Å². The highest BCUT2D eigenvalue weighted by atomic mass is 32.2. The predicted molar refractivity (Wildman–Crippen MR) is 103 cm³/mol. The van der Waals surface area contributed by atoms with Gasteiger partial charge in [-0.05, 0) is 48.9 Å². The predicted octanol–water partition coefficient (Wildman–Crippen LogP) is 4.68. The van der Waals surface area contributed by atoms with Gasteiger partial charge in [-0.3, -0.25) is 4.79 Å². The van der Waals surface area contributed by atoms with Crippen molar-refractivity contribution in [3.63, 3.8) is 0 Å². The van der Waals surface area contributed by atoms with E-state index in [0.29, 0.717) is 12.4 Å². The smallest absolute Gasteiger partial charge is 0.231 e. The van der Waals surface area contributed by atoms with Crippen molar-refractivity contribution in [2.24, 2.45) is 0 Å². The monoisotopic (exact) mass is 367 g/mol. The minimum Gasteiger partial charge on any atom is -0.494 e. The Morgan fingerprint density at radius 2 is 1.85 bits per heavy atom. The fraction of sp³-hybridized carbons (Fsp3) is 0.190. The number of carbonyl (C=O) groups excluding carboxylic acids is 1. The number of carbonyl (C=O) groups is 1. The van der Waals surface area contributed by atoms with Crippen LogP contribution in [0.4, 0.5) is 0 Å². The van der Waals surface area contributed by atoms with Gasteiger partial charge in [-0.25, -0.2) is 0 Å². The zero-order valence-corrected chi connectivity index (χ0v) is 15.4. The maximum absolute atomic E-state index is 12.5. The van der Waals surface area contributed by atoms with Crippen LogP contribution >= 0.6 is 11.8 Å². The number of hydrogen-bond acceptors (Lipinski definition) is 4. The largest absolute Gasteiger partial charge is 0.494 e. The first-order chi connectivity index (χ1) is 12.8. The van der Waals surface area contributed by atoms with E-state index in [1.54, 1.807) is 6.26 Å². The Balaban J connectivity index is 1.61. The van der Waals surface area contributed by atoms with Crippen LogP contribution in [0, 0.1) is 0 Å². The van der Waals surface area contributed by atoms with Gasteiger partial charge in [-0.15, -0.1) is 11.8 Å². The molecule has 134 valence electrons. The molecule has 3 aromatic rings. The molecule has 2 aromatic carbocycles. The minimum atomic E-state index is -0.292. The molecule has 1 aromatic heterocycles. The maximum Gasteiger partial charge on any atom is 0.231 e. The lowest BCUT2D eigenvalue weighted by atomic mass is 10.0. The van der Waals surface area contributed by atoms with Gasteiger partial charge in [0.05, 0.1) is 18.6 Å². The zero-order chi connectivity index (χ0) is 18.2.